The summed E-state index contributed by atoms with van der Waals surface area (Å²) in [5.74, 6) is -0.880. The van der Waals surface area contributed by atoms with Crippen LogP contribution in [0.2, 0.25) is 0 Å². The van der Waals surface area contributed by atoms with Crippen molar-refractivity contribution in [3.8, 4) is 0 Å². The maximum absolute atomic E-state index is 12.8. The number of ether oxygens (including phenoxy) is 3. The normalized spacial score (nSPS) is 12.7. The van der Waals surface area contributed by atoms with Crippen LogP contribution in [0.5, 0.6) is 0 Å². The fourth-order valence-corrected chi connectivity index (χ4v) is 8.25. The van der Waals surface area contributed by atoms with E-state index >= 15 is 0 Å². The van der Waals surface area contributed by atoms with Crippen molar-refractivity contribution < 1.29 is 28.6 Å². The summed E-state index contributed by atoms with van der Waals surface area (Å²) in [7, 11) is 0. The Bertz CT molecular complexity index is 1350. The zero-order valence-electron chi connectivity index (χ0n) is 46.0. The van der Waals surface area contributed by atoms with E-state index in [0.29, 0.717) is 19.3 Å². The molecule has 0 saturated heterocycles. The summed E-state index contributed by atoms with van der Waals surface area (Å²) >= 11 is 0. The Hall–Kier alpha value is -3.41. The van der Waals surface area contributed by atoms with Gasteiger partial charge in [0, 0.05) is 19.3 Å². The first-order valence-corrected chi connectivity index (χ1v) is 29.6. The summed E-state index contributed by atoms with van der Waals surface area (Å²) < 4.78 is 16.8. The standard InChI is InChI=1S/C64H110O6/c1-4-7-10-13-16-19-22-24-25-26-27-28-29-30-31-32-33-34-35-36-37-38-39-40-43-45-48-51-54-57-63(66)69-60-61(59-68-62(65)56-53-50-47-44-41-21-18-15-12-9-6-3)70-64(67)58-55-52-49-46-42-23-20-17-14-11-8-5-2/h7,10,16,19,24-25,27-28,30-31,33-34,36-37,61H,4-6,8-9,11-15,17-18,20-23,26,29,32,35,38-60H2,1-3H3/b10-7-,19-16-,25-24-,28-27-,31-30-,34-33-,37-36-. The van der Waals surface area contributed by atoms with Gasteiger partial charge in [0.05, 0.1) is 0 Å². The molecule has 6 nitrogen and oxygen atoms in total. The highest BCUT2D eigenvalue weighted by Gasteiger charge is 2.19. The SMILES string of the molecule is CC/C=C\C/C=C\C/C=C\C/C=C\C/C=C\C/C=C\C/C=C\CCCCCCCCCC(=O)OCC(COC(=O)CCCCCCCCCCCCC)OC(=O)CCCCCCCCCCCCCC. The summed E-state index contributed by atoms with van der Waals surface area (Å²) in [5, 5.41) is 0. The predicted octanol–water partition coefficient (Wildman–Crippen LogP) is 19.9. The van der Waals surface area contributed by atoms with Crippen molar-refractivity contribution in [2.45, 2.75) is 290 Å². The van der Waals surface area contributed by atoms with E-state index in [9.17, 15) is 14.4 Å². The van der Waals surface area contributed by atoms with Gasteiger partial charge in [-0.1, -0.05) is 273 Å². The van der Waals surface area contributed by atoms with Crippen LogP contribution in [0.3, 0.4) is 0 Å². The van der Waals surface area contributed by atoms with Gasteiger partial charge in [0.25, 0.3) is 0 Å². The van der Waals surface area contributed by atoms with E-state index in [2.05, 4.69) is 106 Å². The molecule has 70 heavy (non-hydrogen) atoms. The first-order chi connectivity index (χ1) is 34.5. The van der Waals surface area contributed by atoms with Crippen molar-refractivity contribution in [3.63, 3.8) is 0 Å². The highest BCUT2D eigenvalue weighted by Crippen LogP contribution is 2.16. The molecular weight excluding hydrogens is 865 g/mol. The van der Waals surface area contributed by atoms with Crippen molar-refractivity contribution in [2.24, 2.45) is 0 Å². The molecule has 0 aromatic carbocycles. The van der Waals surface area contributed by atoms with Crippen LogP contribution in [0.15, 0.2) is 85.1 Å². The Morgan fingerprint density at radius 2 is 0.557 bits per heavy atom. The van der Waals surface area contributed by atoms with Crippen LogP contribution >= 0.6 is 0 Å². The van der Waals surface area contributed by atoms with Crippen LogP contribution < -0.4 is 0 Å². The Morgan fingerprint density at radius 3 is 0.871 bits per heavy atom. The van der Waals surface area contributed by atoms with Gasteiger partial charge in [-0.2, -0.15) is 0 Å². The largest absolute Gasteiger partial charge is 0.462 e. The molecule has 0 heterocycles. The molecule has 0 N–H and O–H groups in total. The summed E-state index contributed by atoms with van der Waals surface area (Å²) in [4.78, 5) is 38.1. The number of rotatable bonds is 53. The minimum atomic E-state index is -0.776. The second-order valence-corrected chi connectivity index (χ2v) is 19.5. The molecule has 0 radical (unpaired) electrons. The van der Waals surface area contributed by atoms with Crippen molar-refractivity contribution in [1.82, 2.24) is 0 Å². The van der Waals surface area contributed by atoms with Crippen LogP contribution in [-0.4, -0.2) is 37.2 Å². The lowest BCUT2D eigenvalue weighted by Crippen LogP contribution is -2.30. The molecular formula is C64H110O6. The molecule has 0 aliphatic carbocycles. The number of carbonyl (C=O) groups excluding carboxylic acids is 3. The Morgan fingerprint density at radius 1 is 0.300 bits per heavy atom. The van der Waals surface area contributed by atoms with Crippen LogP contribution in [0.4, 0.5) is 0 Å². The summed E-state index contributed by atoms with van der Waals surface area (Å²) in [5.41, 5.74) is 0. The zero-order valence-corrected chi connectivity index (χ0v) is 46.0. The van der Waals surface area contributed by atoms with Crippen LogP contribution in [0, 0.1) is 0 Å². The Kier molecular flexibility index (Phi) is 55.3. The number of unbranched alkanes of at least 4 members (excludes halogenated alkanes) is 28. The fourth-order valence-electron chi connectivity index (χ4n) is 8.25. The average molecular weight is 976 g/mol. The lowest BCUT2D eigenvalue weighted by molar-refractivity contribution is -0.167. The lowest BCUT2D eigenvalue weighted by Gasteiger charge is -2.18. The summed E-state index contributed by atoms with van der Waals surface area (Å²) in [6, 6.07) is 0. The van der Waals surface area contributed by atoms with Crippen molar-refractivity contribution in [2.75, 3.05) is 13.2 Å². The van der Waals surface area contributed by atoms with Crippen molar-refractivity contribution >= 4 is 17.9 Å². The molecule has 0 aliphatic heterocycles. The smallest absolute Gasteiger partial charge is 0.306 e. The van der Waals surface area contributed by atoms with E-state index < -0.39 is 6.10 Å². The van der Waals surface area contributed by atoms with Crippen LogP contribution in [0.1, 0.15) is 284 Å². The van der Waals surface area contributed by atoms with Gasteiger partial charge in [-0.3, -0.25) is 14.4 Å². The second kappa shape index (κ2) is 58.2. The molecule has 0 spiro atoms. The van der Waals surface area contributed by atoms with E-state index in [1.807, 2.05) is 0 Å². The van der Waals surface area contributed by atoms with Gasteiger partial charge in [-0.25, -0.2) is 0 Å². The van der Waals surface area contributed by atoms with E-state index in [4.69, 9.17) is 14.2 Å². The first-order valence-electron chi connectivity index (χ1n) is 29.6. The van der Waals surface area contributed by atoms with Gasteiger partial charge in [0.2, 0.25) is 0 Å². The molecule has 1 unspecified atom stereocenters. The zero-order chi connectivity index (χ0) is 50.7. The third-order valence-electron chi connectivity index (χ3n) is 12.7. The van der Waals surface area contributed by atoms with E-state index in [1.54, 1.807) is 0 Å². The van der Waals surface area contributed by atoms with Crippen LogP contribution in [-0.2, 0) is 28.6 Å². The molecule has 0 aromatic heterocycles. The molecule has 0 rings (SSSR count). The fraction of sp³-hybridized carbons (Fsp3) is 0.734. The predicted molar refractivity (Wildman–Crippen MR) is 302 cm³/mol. The number of hydrogen-bond donors (Lipinski definition) is 0. The minimum absolute atomic E-state index is 0.0758. The summed E-state index contributed by atoms with van der Waals surface area (Å²) in [6.07, 6.45) is 75.8. The maximum Gasteiger partial charge on any atom is 0.306 e. The highest BCUT2D eigenvalue weighted by atomic mass is 16.6. The van der Waals surface area contributed by atoms with Gasteiger partial charge >= 0.3 is 17.9 Å². The van der Waals surface area contributed by atoms with Crippen molar-refractivity contribution in [1.29, 1.82) is 0 Å². The Balaban J connectivity index is 4.23. The second-order valence-electron chi connectivity index (χ2n) is 19.5. The number of allylic oxidation sites excluding steroid dienone is 14. The van der Waals surface area contributed by atoms with Gasteiger partial charge in [-0.05, 0) is 77.0 Å². The molecule has 0 amide bonds. The lowest BCUT2D eigenvalue weighted by atomic mass is 10.0. The average Bonchev–Trinajstić information content (AvgIpc) is 3.36. The molecule has 0 aromatic rings. The molecule has 6 heteroatoms. The molecule has 0 fully saturated rings. The van der Waals surface area contributed by atoms with Crippen LogP contribution in [0.25, 0.3) is 0 Å². The summed E-state index contributed by atoms with van der Waals surface area (Å²) in [6.45, 7) is 6.52. The van der Waals surface area contributed by atoms with Crippen molar-refractivity contribution in [3.05, 3.63) is 85.1 Å². The highest BCUT2D eigenvalue weighted by molar-refractivity contribution is 5.71. The quantitative estimate of drug-likeness (QED) is 0.0261. The molecule has 0 saturated carbocycles. The molecule has 1 atom stereocenters. The number of carbonyl (C=O) groups is 3. The maximum atomic E-state index is 12.8. The first kappa shape index (κ1) is 66.6. The minimum Gasteiger partial charge on any atom is -0.462 e. The number of esters is 3. The van der Waals surface area contributed by atoms with Gasteiger partial charge < -0.3 is 14.2 Å². The third-order valence-corrected chi connectivity index (χ3v) is 12.7. The Labute approximate surface area is 433 Å². The van der Waals surface area contributed by atoms with Gasteiger partial charge in [-0.15, -0.1) is 0 Å². The molecule has 0 bridgehead atoms. The van der Waals surface area contributed by atoms with Gasteiger partial charge in [0.15, 0.2) is 6.10 Å². The van der Waals surface area contributed by atoms with E-state index in [-0.39, 0.29) is 31.1 Å². The van der Waals surface area contributed by atoms with Gasteiger partial charge in [0.1, 0.15) is 13.2 Å². The van der Waals surface area contributed by atoms with E-state index in [1.165, 1.54) is 135 Å². The molecule has 0 aliphatic rings. The number of hydrogen-bond acceptors (Lipinski definition) is 6. The molecule has 402 valence electrons. The topological polar surface area (TPSA) is 78.9 Å². The third kappa shape index (κ3) is 55.5. The monoisotopic (exact) mass is 975 g/mol. The van der Waals surface area contributed by atoms with E-state index in [0.717, 1.165) is 109 Å².